The first-order chi connectivity index (χ1) is 8.78. The molecule has 2 N–H and O–H groups in total. The number of nitrogens with two attached hydrogens (primary N) is 1. The zero-order valence-electron chi connectivity index (χ0n) is 10.5. The van der Waals surface area contributed by atoms with Crippen LogP contribution in [-0.2, 0) is 4.74 Å². The van der Waals surface area contributed by atoms with Crippen LogP contribution in [0.1, 0.15) is 6.92 Å². The maximum atomic E-state index is 5.79. The summed E-state index contributed by atoms with van der Waals surface area (Å²) < 4.78 is 7.89. The van der Waals surface area contributed by atoms with Crippen LogP contribution in [0.2, 0.25) is 0 Å². The lowest BCUT2D eigenvalue weighted by Crippen LogP contribution is -2.49. The molecule has 18 heavy (non-hydrogen) atoms. The van der Waals surface area contributed by atoms with E-state index in [1.165, 1.54) is 0 Å². The van der Waals surface area contributed by atoms with Gasteiger partial charge < -0.3 is 15.4 Å². The standard InChI is InChI=1S/C13H18N4O/c1-10-8-16(9-11(7-14)18-10)13-4-2-3-12-15-5-6-17(12)13/h2-6,10-11H,7-9,14H2,1H3. The van der Waals surface area contributed by atoms with E-state index in [1.54, 1.807) is 0 Å². The summed E-state index contributed by atoms with van der Waals surface area (Å²) in [6.07, 6.45) is 4.12. The Bertz CT molecular complexity index is 539. The Morgan fingerprint density at radius 1 is 1.44 bits per heavy atom. The molecule has 5 nitrogen and oxygen atoms in total. The molecule has 3 rings (SSSR count). The topological polar surface area (TPSA) is 55.8 Å². The normalized spacial score (nSPS) is 24.7. The summed E-state index contributed by atoms with van der Waals surface area (Å²) in [5, 5.41) is 0. The quantitative estimate of drug-likeness (QED) is 0.855. The minimum Gasteiger partial charge on any atom is -0.370 e. The molecule has 96 valence electrons. The molecule has 1 aliphatic rings. The van der Waals surface area contributed by atoms with Gasteiger partial charge in [-0.05, 0) is 19.1 Å². The van der Waals surface area contributed by atoms with E-state index in [1.807, 2.05) is 24.5 Å². The van der Waals surface area contributed by atoms with Gasteiger partial charge in [-0.15, -0.1) is 0 Å². The third-order valence-electron chi connectivity index (χ3n) is 3.32. The number of aromatic nitrogens is 2. The van der Waals surface area contributed by atoms with Gasteiger partial charge in [-0.3, -0.25) is 4.40 Å². The minimum atomic E-state index is 0.104. The number of fused-ring (bicyclic) bond motifs is 1. The fourth-order valence-electron chi connectivity index (χ4n) is 2.55. The van der Waals surface area contributed by atoms with E-state index in [9.17, 15) is 0 Å². The molecule has 2 aromatic rings. The van der Waals surface area contributed by atoms with Crippen LogP contribution in [0.3, 0.4) is 0 Å². The average Bonchev–Trinajstić information content (AvgIpc) is 2.85. The molecule has 2 atom stereocenters. The number of anilines is 1. The summed E-state index contributed by atoms with van der Waals surface area (Å²) in [7, 11) is 0. The fraction of sp³-hybridized carbons (Fsp3) is 0.462. The molecule has 0 aliphatic carbocycles. The summed E-state index contributed by atoms with van der Waals surface area (Å²) in [5.74, 6) is 1.15. The predicted molar refractivity (Wildman–Crippen MR) is 70.8 cm³/mol. The van der Waals surface area contributed by atoms with E-state index in [0.717, 1.165) is 24.6 Å². The van der Waals surface area contributed by atoms with Crippen molar-refractivity contribution in [1.29, 1.82) is 0 Å². The molecule has 0 saturated carbocycles. The van der Waals surface area contributed by atoms with Crippen LogP contribution >= 0.6 is 0 Å². The van der Waals surface area contributed by atoms with Crippen LogP contribution in [0.5, 0.6) is 0 Å². The highest BCUT2D eigenvalue weighted by Gasteiger charge is 2.25. The van der Waals surface area contributed by atoms with Gasteiger partial charge in [0, 0.05) is 32.0 Å². The van der Waals surface area contributed by atoms with Gasteiger partial charge >= 0.3 is 0 Å². The van der Waals surface area contributed by atoms with Gasteiger partial charge in [-0.1, -0.05) is 6.07 Å². The minimum absolute atomic E-state index is 0.104. The van der Waals surface area contributed by atoms with Crippen LogP contribution < -0.4 is 10.6 Å². The second kappa shape index (κ2) is 4.59. The lowest BCUT2D eigenvalue weighted by atomic mass is 10.2. The van der Waals surface area contributed by atoms with Gasteiger partial charge in [-0.25, -0.2) is 4.98 Å². The van der Waals surface area contributed by atoms with Crippen molar-refractivity contribution in [3.8, 4) is 0 Å². The van der Waals surface area contributed by atoms with Crippen LogP contribution in [0.4, 0.5) is 5.82 Å². The van der Waals surface area contributed by atoms with Gasteiger partial charge in [-0.2, -0.15) is 0 Å². The Labute approximate surface area is 106 Å². The largest absolute Gasteiger partial charge is 0.370 e. The molecule has 0 amide bonds. The van der Waals surface area contributed by atoms with Crippen molar-refractivity contribution in [1.82, 2.24) is 9.38 Å². The third kappa shape index (κ3) is 1.95. The highest BCUT2D eigenvalue weighted by Crippen LogP contribution is 2.21. The maximum absolute atomic E-state index is 5.79. The zero-order chi connectivity index (χ0) is 12.5. The van der Waals surface area contributed by atoms with E-state index in [0.29, 0.717) is 6.54 Å². The van der Waals surface area contributed by atoms with Crippen molar-refractivity contribution in [2.45, 2.75) is 19.1 Å². The molecule has 0 spiro atoms. The van der Waals surface area contributed by atoms with E-state index in [2.05, 4.69) is 27.3 Å². The molecule has 3 heterocycles. The first-order valence-corrected chi connectivity index (χ1v) is 6.30. The molecule has 0 radical (unpaired) electrons. The van der Waals surface area contributed by atoms with Crippen LogP contribution in [0, 0.1) is 0 Å². The first-order valence-electron chi connectivity index (χ1n) is 6.30. The summed E-state index contributed by atoms with van der Waals surface area (Å²) >= 11 is 0. The van der Waals surface area contributed by atoms with E-state index in [-0.39, 0.29) is 12.2 Å². The van der Waals surface area contributed by atoms with Crippen molar-refractivity contribution < 1.29 is 4.74 Å². The Balaban J connectivity index is 1.96. The average molecular weight is 246 g/mol. The van der Waals surface area contributed by atoms with Crippen molar-refractivity contribution in [2.24, 2.45) is 5.73 Å². The highest BCUT2D eigenvalue weighted by molar-refractivity contribution is 5.51. The van der Waals surface area contributed by atoms with Gasteiger partial charge in [0.25, 0.3) is 0 Å². The van der Waals surface area contributed by atoms with Gasteiger partial charge in [0.1, 0.15) is 11.5 Å². The SMILES string of the molecule is CC1CN(c2cccc3nccn23)CC(CN)O1. The zero-order valence-corrected chi connectivity index (χ0v) is 10.5. The van der Waals surface area contributed by atoms with Crippen molar-refractivity contribution in [3.05, 3.63) is 30.6 Å². The van der Waals surface area contributed by atoms with E-state index < -0.39 is 0 Å². The highest BCUT2D eigenvalue weighted by atomic mass is 16.5. The van der Waals surface area contributed by atoms with Gasteiger partial charge in [0.2, 0.25) is 0 Å². The maximum Gasteiger partial charge on any atom is 0.138 e. The Morgan fingerprint density at radius 2 is 2.33 bits per heavy atom. The van der Waals surface area contributed by atoms with Crippen molar-refractivity contribution in [3.63, 3.8) is 0 Å². The summed E-state index contributed by atoms with van der Waals surface area (Å²) in [5.41, 5.74) is 6.70. The Hall–Kier alpha value is -1.59. The smallest absolute Gasteiger partial charge is 0.138 e. The number of rotatable bonds is 2. The van der Waals surface area contributed by atoms with Gasteiger partial charge in [0.15, 0.2) is 0 Å². The Morgan fingerprint density at radius 3 is 3.17 bits per heavy atom. The van der Waals surface area contributed by atoms with Crippen molar-refractivity contribution >= 4 is 11.5 Å². The molecule has 1 aliphatic heterocycles. The number of ether oxygens (including phenoxy) is 1. The molecule has 1 saturated heterocycles. The number of nitrogens with zero attached hydrogens (tertiary/aromatic N) is 3. The molecule has 5 heteroatoms. The third-order valence-corrected chi connectivity index (χ3v) is 3.32. The summed E-state index contributed by atoms with van der Waals surface area (Å²) in [6, 6.07) is 6.16. The lowest BCUT2D eigenvalue weighted by Gasteiger charge is -2.37. The van der Waals surface area contributed by atoms with E-state index >= 15 is 0 Å². The molecule has 0 aromatic carbocycles. The van der Waals surface area contributed by atoms with Crippen LogP contribution in [0.15, 0.2) is 30.6 Å². The van der Waals surface area contributed by atoms with E-state index in [4.69, 9.17) is 10.5 Å². The molecular weight excluding hydrogens is 228 g/mol. The molecule has 0 bridgehead atoms. The van der Waals surface area contributed by atoms with Crippen LogP contribution in [-0.4, -0.2) is 41.2 Å². The number of hydrogen-bond donors (Lipinski definition) is 1. The first kappa shape index (κ1) is 11.5. The molecular formula is C13H18N4O. The lowest BCUT2D eigenvalue weighted by molar-refractivity contribution is -0.0107. The summed E-state index contributed by atoms with van der Waals surface area (Å²) in [6.45, 7) is 4.36. The Kier molecular flexibility index (Phi) is 2.93. The second-order valence-corrected chi connectivity index (χ2v) is 4.75. The molecule has 2 aromatic heterocycles. The molecule has 2 unspecified atom stereocenters. The van der Waals surface area contributed by atoms with Gasteiger partial charge in [0.05, 0.1) is 12.2 Å². The van der Waals surface area contributed by atoms with Crippen LogP contribution in [0.25, 0.3) is 5.65 Å². The molecule has 1 fully saturated rings. The number of hydrogen-bond acceptors (Lipinski definition) is 4. The predicted octanol–water partition coefficient (Wildman–Crippen LogP) is 0.887. The summed E-state index contributed by atoms with van der Waals surface area (Å²) in [4.78, 5) is 6.63. The number of imidazole rings is 1. The van der Waals surface area contributed by atoms with Crippen molar-refractivity contribution in [2.75, 3.05) is 24.5 Å². The second-order valence-electron chi connectivity index (χ2n) is 4.75. The number of morpholine rings is 1. The monoisotopic (exact) mass is 246 g/mol. The fourth-order valence-corrected chi connectivity index (χ4v) is 2.55. The number of pyridine rings is 1.